The summed E-state index contributed by atoms with van der Waals surface area (Å²) in [6, 6.07) is 0. The fourth-order valence-corrected chi connectivity index (χ4v) is 6.10. The molecule has 13 nitrogen and oxygen atoms in total. The van der Waals surface area contributed by atoms with Crippen molar-refractivity contribution in [2.45, 2.75) is 187 Å². The van der Waals surface area contributed by atoms with Gasteiger partial charge < -0.3 is 43.2 Å². The first kappa shape index (κ1) is 55.5. The molecule has 0 saturated carbocycles. The van der Waals surface area contributed by atoms with E-state index in [0.717, 1.165) is 38.5 Å². The Morgan fingerprint density at radius 1 is 0.414 bits per heavy atom. The highest BCUT2D eigenvalue weighted by Crippen LogP contribution is 2.14. The Morgan fingerprint density at radius 3 is 1.38 bits per heavy atom. The first-order valence-electron chi connectivity index (χ1n) is 23.1. The predicted molar refractivity (Wildman–Crippen MR) is 227 cm³/mol. The van der Waals surface area contributed by atoms with Crippen molar-refractivity contribution in [2.75, 3.05) is 79.7 Å². The minimum atomic E-state index is -0.886. The van der Waals surface area contributed by atoms with Crippen LogP contribution in [0.4, 0.5) is 4.79 Å². The molecule has 0 aliphatic carbocycles. The van der Waals surface area contributed by atoms with Gasteiger partial charge >= 0.3 is 24.0 Å². The molecule has 0 saturated heterocycles. The van der Waals surface area contributed by atoms with Gasteiger partial charge in [0.2, 0.25) is 0 Å². The molecule has 1 amide bonds. The lowest BCUT2D eigenvalue weighted by molar-refractivity contribution is -0.161. The summed E-state index contributed by atoms with van der Waals surface area (Å²) < 4.78 is 42.5. The maximum absolute atomic E-state index is 12.7. The molecule has 1 atom stereocenters. The molecule has 13 heteroatoms. The monoisotopic (exact) mass is 832 g/mol. The largest absolute Gasteiger partial charge is 0.463 e. The van der Waals surface area contributed by atoms with Crippen LogP contribution in [-0.2, 0) is 52.3 Å². The lowest BCUT2D eigenvalue weighted by Crippen LogP contribution is -2.34. The second kappa shape index (κ2) is 45.6. The highest BCUT2D eigenvalue weighted by Gasteiger charge is 2.19. The molecule has 0 spiro atoms. The van der Waals surface area contributed by atoms with E-state index in [4.69, 9.17) is 37.9 Å². The van der Waals surface area contributed by atoms with Crippen LogP contribution in [0, 0.1) is 0 Å². The van der Waals surface area contributed by atoms with Crippen molar-refractivity contribution in [3.63, 3.8) is 0 Å². The number of carbonyl (C=O) groups is 4. The van der Waals surface area contributed by atoms with Crippen molar-refractivity contribution < 1.29 is 57.1 Å². The normalized spacial score (nSPS) is 11.6. The third-order valence-electron chi connectivity index (χ3n) is 9.58. The topological polar surface area (TPSA) is 154 Å². The second-order valence-electron chi connectivity index (χ2n) is 15.0. The van der Waals surface area contributed by atoms with E-state index >= 15 is 0 Å². The van der Waals surface area contributed by atoms with E-state index in [1.165, 1.54) is 103 Å². The van der Waals surface area contributed by atoms with Gasteiger partial charge in [0.1, 0.15) is 19.8 Å². The molecule has 58 heavy (non-hydrogen) atoms. The predicted octanol–water partition coefficient (Wildman–Crippen LogP) is 9.59. The zero-order chi connectivity index (χ0) is 42.4. The Balaban J connectivity index is 4.30. The average molecular weight is 832 g/mol. The van der Waals surface area contributed by atoms with Crippen LogP contribution in [0.1, 0.15) is 181 Å². The Morgan fingerprint density at radius 2 is 0.828 bits per heavy atom. The molecule has 0 unspecified atom stereocenters. The average Bonchev–Trinajstić information content (AvgIpc) is 3.21. The van der Waals surface area contributed by atoms with Crippen LogP contribution in [0.2, 0.25) is 0 Å². The van der Waals surface area contributed by atoms with Crippen molar-refractivity contribution in [3.05, 3.63) is 0 Å². The number of nitrogens with one attached hydrogen (secondary N) is 1. The van der Waals surface area contributed by atoms with Gasteiger partial charge in [-0.05, 0) is 19.3 Å². The highest BCUT2D eigenvalue weighted by molar-refractivity contribution is 5.71. The Bertz CT molecular complexity index is 937. The number of hydrogen-bond donors (Lipinski definition) is 1. The minimum Gasteiger partial charge on any atom is -0.463 e. The molecule has 0 aromatic rings. The zero-order valence-corrected chi connectivity index (χ0v) is 37.1. The van der Waals surface area contributed by atoms with E-state index < -0.39 is 12.2 Å². The molecule has 1 N–H and O–H groups in total. The summed E-state index contributed by atoms with van der Waals surface area (Å²) in [7, 11) is 1.59. The van der Waals surface area contributed by atoms with Gasteiger partial charge in [-0.1, -0.05) is 142 Å². The van der Waals surface area contributed by atoms with Gasteiger partial charge in [-0.15, -0.1) is 0 Å². The van der Waals surface area contributed by atoms with E-state index in [-0.39, 0.29) is 63.7 Å². The molecular formula is C45H85NO12. The second-order valence-corrected chi connectivity index (χ2v) is 15.0. The molecular weight excluding hydrogens is 746 g/mol. The van der Waals surface area contributed by atoms with Crippen LogP contribution in [0.15, 0.2) is 0 Å². The summed E-state index contributed by atoms with van der Waals surface area (Å²) in [5, 5.41) is 2.61. The number of rotatable bonds is 45. The summed E-state index contributed by atoms with van der Waals surface area (Å²) in [5.74, 6) is -1.03. The molecule has 0 fully saturated rings. The van der Waals surface area contributed by atoms with Crippen LogP contribution in [-0.4, -0.2) is 110 Å². The molecule has 0 aliphatic heterocycles. The molecule has 0 rings (SSSR count). The minimum absolute atomic E-state index is 0.164. The van der Waals surface area contributed by atoms with Crippen molar-refractivity contribution in [1.82, 2.24) is 5.32 Å². The maximum atomic E-state index is 12.7. The number of ether oxygens (including phenoxy) is 8. The molecule has 0 aromatic heterocycles. The Hall–Kier alpha value is -2.48. The van der Waals surface area contributed by atoms with Crippen molar-refractivity contribution in [3.8, 4) is 0 Å². The molecule has 0 radical (unpaired) electrons. The van der Waals surface area contributed by atoms with Gasteiger partial charge in [-0.2, -0.15) is 0 Å². The van der Waals surface area contributed by atoms with E-state index in [2.05, 4.69) is 19.2 Å². The third-order valence-corrected chi connectivity index (χ3v) is 9.58. The number of methoxy groups -OCH3 is 1. The van der Waals surface area contributed by atoms with Gasteiger partial charge in [0.25, 0.3) is 0 Å². The number of hydrogen-bond acceptors (Lipinski definition) is 12. The molecule has 342 valence electrons. The van der Waals surface area contributed by atoms with Gasteiger partial charge in [0, 0.05) is 39.5 Å². The number of alkyl carbamates (subject to hydrolysis) is 1. The fraction of sp³-hybridized carbons (Fsp3) is 0.911. The van der Waals surface area contributed by atoms with Gasteiger partial charge in [-0.3, -0.25) is 14.4 Å². The maximum Gasteiger partial charge on any atom is 0.407 e. The van der Waals surface area contributed by atoms with E-state index in [9.17, 15) is 19.2 Å². The van der Waals surface area contributed by atoms with Crippen LogP contribution in [0.25, 0.3) is 0 Å². The van der Waals surface area contributed by atoms with Crippen LogP contribution in [0.3, 0.4) is 0 Å². The van der Waals surface area contributed by atoms with E-state index in [0.29, 0.717) is 52.5 Å². The number of amides is 1. The van der Waals surface area contributed by atoms with Crippen molar-refractivity contribution in [2.24, 2.45) is 0 Å². The van der Waals surface area contributed by atoms with Gasteiger partial charge in [0.15, 0.2) is 6.10 Å². The lowest BCUT2D eigenvalue weighted by atomic mass is 10.1. The molecule has 0 aromatic carbocycles. The molecule has 0 bridgehead atoms. The summed E-state index contributed by atoms with van der Waals surface area (Å²) in [5.41, 5.74) is 0. The zero-order valence-electron chi connectivity index (χ0n) is 37.1. The smallest absolute Gasteiger partial charge is 0.407 e. The quantitative estimate of drug-likeness (QED) is 0.0353. The van der Waals surface area contributed by atoms with Crippen LogP contribution >= 0.6 is 0 Å². The summed E-state index contributed by atoms with van der Waals surface area (Å²) in [6.07, 6.45) is 26.0. The number of unbranched alkanes of at least 4 members (excludes halogenated alkanes) is 20. The standard InChI is InChI=1S/C45H85NO12/c1-4-6-8-10-12-14-16-18-20-22-24-27-43(48)56-39-41(58-44(49)28-25-23-21-19-17-15-13-11-9-7-5-2)40-57-45(50)46-30-32-53-36-35-52-31-26-29-42(47)55-38-37-54-34-33-51-3/h41H,4-40H2,1-3H3,(H,46,50)/t41-/m1/s1. The highest BCUT2D eigenvalue weighted by atomic mass is 16.6. The van der Waals surface area contributed by atoms with Crippen molar-refractivity contribution >= 4 is 24.0 Å². The fourth-order valence-electron chi connectivity index (χ4n) is 6.10. The number of esters is 3. The van der Waals surface area contributed by atoms with Crippen LogP contribution in [0.5, 0.6) is 0 Å². The van der Waals surface area contributed by atoms with Crippen LogP contribution < -0.4 is 5.32 Å². The first-order valence-corrected chi connectivity index (χ1v) is 23.1. The van der Waals surface area contributed by atoms with Gasteiger partial charge in [-0.25, -0.2) is 4.79 Å². The van der Waals surface area contributed by atoms with Gasteiger partial charge in [0.05, 0.1) is 39.6 Å². The molecule has 0 aliphatic rings. The van der Waals surface area contributed by atoms with E-state index in [1.54, 1.807) is 7.11 Å². The SMILES string of the molecule is CCCCCCCCCCCCCC(=O)OC[C@H](COC(=O)NCCOCCOCCCC(=O)OCCOCCOC)OC(=O)CCCCCCCCCCCCC. The third kappa shape index (κ3) is 43.1. The summed E-state index contributed by atoms with van der Waals surface area (Å²) in [6.45, 7) is 7.09. The summed E-state index contributed by atoms with van der Waals surface area (Å²) >= 11 is 0. The Labute approximate surface area is 352 Å². The van der Waals surface area contributed by atoms with Crippen molar-refractivity contribution in [1.29, 1.82) is 0 Å². The summed E-state index contributed by atoms with van der Waals surface area (Å²) in [4.78, 5) is 49.2. The van der Waals surface area contributed by atoms with E-state index in [1.807, 2.05) is 0 Å². The first-order chi connectivity index (χ1) is 28.4. The number of carbonyl (C=O) groups excluding carboxylic acids is 4. The lowest BCUT2D eigenvalue weighted by Gasteiger charge is -2.18. The Kier molecular flexibility index (Phi) is 43.7. The molecule has 0 heterocycles.